The van der Waals surface area contributed by atoms with E-state index in [1.54, 1.807) is 14.0 Å². The standard InChI is InChI=1S/C21H18ClFN2O4/c1-12-18(20(24-29-12)19-14(22)6-5-7-15(19)23)21(26)25(2)10-13-11-27-16-8-3-4-9-17(16)28-13/h3-9,13H,10-11H2,1-2H3/t13-/m1/s1. The first-order valence-corrected chi connectivity index (χ1v) is 9.38. The van der Waals surface area contributed by atoms with Crippen LogP contribution in [0.25, 0.3) is 11.3 Å². The van der Waals surface area contributed by atoms with Crippen molar-refractivity contribution in [1.29, 1.82) is 0 Å². The summed E-state index contributed by atoms with van der Waals surface area (Å²) in [5, 5.41) is 4.03. The summed E-state index contributed by atoms with van der Waals surface area (Å²) in [5.41, 5.74) is 0.277. The first-order valence-electron chi connectivity index (χ1n) is 9.00. The Morgan fingerprint density at radius 3 is 2.76 bits per heavy atom. The fourth-order valence-corrected chi connectivity index (χ4v) is 3.50. The van der Waals surface area contributed by atoms with Crippen molar-refractivity contribution in [2.75, 3.05) is 20.2 Å². The van der Waals surface area contributed by atoms with Gasteiger partial charge in [0.05, 0.1) is 17.1 Å². The van der Waals surface area contributed by atoms with Gasteiger partial charge in [0.15, 0.2) is 17.6 Å². The van der Waals surface area contributed by atoms with Crippen LogP contribution in [0, 0.1) is 12.7 Å². The van der Waals surface area contributed by atoms with Crippen LogP contribution in [0.1, 0.15) is 16.1 Å². The molecular weight excluding hydrogens is 399 g/mol. The van der Waals surface area contributed by atoms with Gasteiger partial charge in [-0.05, 0) is 31.2 Å². The van der Waals surface area contributed by atoms with Crippen LogP contribution in [0.3, 0.4) is 0 Å². The zero-order chi connectivity index (χ0) is 20.5. The molecule has 150 valence electrons. The predicted octanol–water partition coefficient (Wildman–Crippen LogP) is 4.35. The van der Waals surface area contributed by atoms with E-state index in [9.17, 15) is 9.18 Å². The smallest absolute Gasteiger partial charge is 0.259 e. The SMILES string of the molecule is Cc1onc(-c2c(F)cccc2Cl)c1C(=O)N(C)C[C@@H]1COc2ccccc2O1. The molecule has 0 spiro atoms. The van der Waals surface area contributed by atoms with Crippen molar-refractivity contribution in [3.63, 3.8) is 0 Å². The van der Waals surface area contributed by atoms with E-state index in [1.807, 2.05) is 24.3 Å². The third-order valence-corrected chi connectivity index (χ3v) is 4.98. The topological polar surface area (TPSA) is 64.8 Å². The Bertz CT molecular complexity index is 1050. The van der Waals surface area contributed by atoms with E-state index in [-0.39, 0.29) is 46.2 Å². The second kappa shape index (κ2) is 7.75. The normalized spacial score (nSPS) is 15.2. The van der Waals surface area contributed by atoms with Gasteiger partial charge in [0.1, 0.15) is 29.4 Å². The monoisotopic (exact) mass is 416 g/mol. The van der Waals surface area contributed by atoms with Gasteiger partial charge in [0, 0.05) is 7.05 Å². The number of aromatic nitrogens is 1. The molecule has 1 atom stereocenters. The molecule has 0 fully saturated rings. The maximum atomic E-state index is 14.4. The van der Waals surface area contributed by atoms with Crippen LogP contribution in [0.5, 0.6) is 11.5 Å². The third kappa shape index (κ3) is 3.65. The zero-order valence-electron chi connectivity index (χ0n) is 15.8. The summed E-state index contributed by atoms with van der Waals surface area (Å²) in [4.78, 5) is 14.6. The highest BCUT2D eigenvalue weighted by Gasteiger charge is 2.30. The fourth-order valence-electron chi connectivity index (χ4n) is 3.25. The number of hydrogen-bond donors (Lipinski definition) is 0. The molecule has 1 aromatic heterocycles. The average molecular weight is 417 g/mol. The number of ether oxygens (including phenoxy) is 2. The molecule has 1 aliphatic rings. The Hall–Kier alpha value is -3.06. The highest BCUT2D eigenvalue weighted by atomic mass is 35.5. The van der Waals surface area contributed by atoms with Gasteiger partial charge < -0.3 is 18.9 Å². The summed E-state index contributed by atoms with van der Waals surface area (Å²) in [5.74, 6) is 0.625. The molecule has 6 nitrogen and oxygen atoms in total. The largest absolute Gasteiger partial charge is 0.486 e. The molecule has 8 heteroatoms. The summed E-state index contributed by atoms with van der Waals surface area (Å²) >= 11 is 6.15. The van der Waals surface area contributed by atoms with E-state index in [0.717, 1.165) is 0 Å². The van der Waals surface area contributed by atoms with E-state index in [0.29, 0.717) is 18.1 Å². The second-order valence-corrected chi connectivity index (χ2v) is 7.15. The van der Waals surface area contributed by atoms with E-state index in [4.69, 9.17) is 25.6 Å². The van der Waals surface area contributed by atoms with Crippen molar-refractivity contribution in [3.05, 3.63) is 64.6 Å². The molecule has 0 aliphatic carbocycles. The van der Waals surface area contributed by atoms with Gasteiger partial charge in [-0.2, -0.15) is 0 Å². The molecule has 4 rings (SSSR count). The molecule has 0 N–H and O–H groups in total. The molecule has 2 aromatic carbocycles. The molecule has 0 bridgehead atoms. The van der Waals surface area contributed by atoms with Crippen molar-refractivity contribution in [2.45, 2.75) is 13.0 Å². The van der Waals surface area contributed by atoms with Crippen LogP contribution in [0.15, 0.2) is 47.0 Å². The predicted molar refractivity (Wildman–Crippen MR) is 105 cm³/mol. The Balaban J connectivity index is 1.57. The van der Waals surface area contributed by atoms with Crippen LogP contribution in [-0.4, -0.2) is 42.3 Å². The van der Waals surface area contributed by atoms with Gasteiger partial charge in [0.2, 0.25) is 0 Å². The van der Waals surface area contributed by atoms with Gasteiger partial charge in [-0.15, -0.1) is 0 Å². The van der Waals surface area contributed by atoms with Crippen LogP contribution in [-0.2, 0) is 0 Å². The van der Waals surface area contributed by atoms with Crippen LogP contribution in [0.2, 0.25) is 5.02 Å². The highest BCUT2D eigenvalue weighted by molar-refractivity contribution is 6.33. The molecule has 1 aliphatic heterocycles. The quantitative estimate of drug-likeness (QED) is 0.632. The number of nitrogens with zero attached hydrogens (tertiary/aromatic N) is 2. The van der Waals surface area contributed by atoms with Crippen molar-refractivity contribution < 1.29 is 23.2 Å². The number of halogens is 2. The van der Waals surface area contributed by atoms with Crippen molar-refractivity contribution in [2.24, 2.45) is 0 Å². The zero-order valence-corrected chi connectivity index (χ0v) is 16.6. The summed E-state index contributed by atoms with van der Waals surface area (Å²) in [6.45, 7) is 2.17. The number of rotatable bonds is 4. The van der Waals surface area contributed by atoms with E-state index in [2.05, 4.69) is 5.16 Å². The number of likely N-dealkylation sites (N-methyl/N-ethyl adjacent to an activating group) is 1. The van der Waals surface area contributed by atoms with E-state index < -0.39 is 5.82 Å². The van der Waals surface area contributed by atoms with E-state index >= 15 is 0 Å². The second-order valence-electron chi connectivity index (χ2n) is 6.74. The van der Waals surface area contributed by atoms with Gasteiger partial charge in [0.25, 0.3) is 5.91 Å². The maximum absolute atomic E-state index is 14.4. The number of fused-ring (bicyclic) bond motifs is 1. The third-order valence-electron chi connectivity index (χ3n) is 4.67. The molecular formula is C21H18ClFN2O4. The van der Waals surface area contributed by atoms with Crippen molar-refractivity contribution in [1.82, 2.24) is 10.1 Å². The molecule has 0 saturated heterocycles. The molecule has 3 aromatic rings. The molecule has 29 heavy (non-hydrogen) atoms. The minimum absolute atomic E-state index is 0.0361. The summed E-state index contributed by atoms with van der Waals surface area (Å²) < 4.78 is 31.2. The number of hydrogen-bond acceptors (Lipinski definition) is 5. The Morgan fingerprint density at radius 2 is 2.00 bits per heavy atom. The Kier molecular flexibility index (Phi) is 5.15. The van der Waals surface area contributed by atoms with Crippen molar-refractivity contribution in [3.8, 4) is 22.8 Å². The molecule has 1 amide bonds. The number of para-hydroxylation sites is 2. The number of carbonyl (C=O) groups is 1. The molecule has 0 unspecified atom stereocenters. The minimum Gasteiger partial charge on any atom is -0.486 e. The average Bonchev–Trinajstić information content (AvgIpc) is 3.08. The maximum Gasteiger partial charge on any atom is 0.259 e. The molecule has 0 radical (unpaired) electrons. The highest BCUT2D eigenvalue weighted by Crippen LogP contribution is 2.34. The van der Waals surface area contributed by atoms with Crippen molar-refractivity contribution >= 4 is 17.5 Å². The first kappa shape index (κ1) is 19.3. The number of benzene rings is 2. The van der Waals surface area contributed by atoms with Crippen LogP contribution < -0.4 is 9.47 Å². The van der Waals surface area contributed by atoms with Crippen LogP contribution in [0.4, 0.5) is 4.39 Å². The van der Waals surface area contributed by atoms with Gasteiger partial charge >= 0.3 is 0 Å². The number of carbonyl (C=O) groups excluding carboxylic acids is 1. The minimum atomic E-state index is -0.580. The van der Waals surface area contributed by atoms with E-state index in [1.165, 1.54) is 23.1 Å². The first-order chi connectivity index (χ1) is 14.0. The molecule has 2 heterocycles. The number of aryl methyl sites for hydroxylation is 1. The summed E-state index contributed by atoms with van der Waals surface area (Å²) in [7, 11) is 1.63. The lowest BCUT2D eigenvalue weighted by atomic mass is 10.0. The lowest BCUT2D eigenvalue weighted by Gasteiger charge is -2.29. The van der Waals surface area contributed by atoms with Gasteiger partial charge in [-0.1, -0.05) is 35.0 Å². The lowest BCUT2D eigenvalue weighted by molar-refractivity contribution is 0.0520. The Labute approximate surface area is 171 Å². The van der Waals surface area contributed by atoms with Gasteiger partial charge in [-0.3, -0.25) is 4.79 Å². The lowest BCUT2D eigenvalue weighted by Crippen LogP contribution is -2.42. The summed E-state index contributed by atoms with van der Waals surface area (Å²) in [6, 6.07) is 11.6. The fraction of sp³-hybridized carbons (Fsp3) is 0.238. The number of amides is 1. The van der Waals surface area contributed by atoms with Crippen LogP contribution >= 0.6 is 11.6 Å². The summed E-state index contributed by atoms with van der Waals surface area (Å²) in [6.07, 6.45) is -0.348. The Morgan fingerprint density at radius 1 is 1.24 bits per heavy atom. The van der Waals surface area contributed by atoms with Gasteiger partial charge in [-0.25, -0.2) is 4.39 Å². The molecule has 0 saturated carbocycles.